The van der Waals surface area contributed by atoms with Gasteiger partial charge in [0.25, 0.3) is 15.7 Å². The van der Waals surface area contributed by atoms with Gasteiger partial charge in [-0.1, -0.05) is 37.0 Å². The number of nitro benzene ring substituents is 1. The fourth-order valence-electron chi connectivity index (χ4n) is 2.35. The van der Waals surface area contributed by atoms with E-state index in [1.54, 1.807) is 0 Å². The van der Waals surface area contributed by atoms with Crippen LogP contribution in [0.3, 0.4) is 0 Å². The molecular formula is C18H19Cl2N3O5S. The number of nitrogens with zero attached hydrogens (tertiary/aromatic N) is 2. The van der Waals surface area contributed by atoms with Gasteiger partial charge >= 0.3 is 0 Å². The average Bonchev–Trinajstić information content (AvgIpc) is 2.65. The van der Waals surface area contributed by atoms with Crippen LogP contribution in [0, 0.1) is 16.0 Å². The zero-order valence-electron chi connectivity index (χ0n) is 15.6. The first kappa shape index (κ1) is 22.9. The number of carbonyl (C=O) groups is 1. The summed E-state index contributed by atoms with van der Waals surface area (Å²) in [4.78, 5) is 22.2. The van der Waals surface area contributed by atoms with Crippen molar-refractivity contribution in [3.05, 3.63) is 62.6 Å². The molecule has 0 radical (unpaired) electrons. The van der Waals surface area contributed by atoms with E-state index in [-0.39, 0.29) is 16.6 Å². The molecular weight excluding hydrogens is 441 g/mol. The molecule has 156 valence electrons. The van der Waals surface area contributed by atoms with Crippen molar-refractivity contribution >= 4 is 50.5 Å². The summed E-state index contributed by atoms with van der Waals surface area (Å²) >= 11 is 11.9. The van der Waals surface area contributed by atoms with Crippen molar-refractivity contribution < 1.29 is 18.1 Å². The minimum atomic E-state index is -4.39. The molecule has 2 aromatic carbocycles. The van der Waals surface area contributed by atoms with Gasteiger partial charge in [0, 0.05) is 23.7 Å². The summed E-state index contributed by atoms with van der Waals surface area (Å²) in [5, 5.41) is 13.9. The second kappa shape index (κ2) is 9.43. The first-order valence-corrected chi connectivity index (χ1v) is 10.7. The summed E-state index contributed by atoms with van der Waals surface area (Å²) in [5.74, 6) is -0.357. The second-order valence-corrected chi connectivity index (χ2v) is 9.23. The molecule has 0 bridgehead atoms. The smallest absolute Gasteiger partial charge is 0.270 e. The molecule has 0 atom stereocenters. The lowest BCUT2D eigenvalue weighted by Gasteiger charge is -2.24. The number of nitrogens with one attached hydrogen (secondary N) is 1. The lowest BCUT2D eigenvalue weighted by atomic mass is 10.2. The molecule has 0 aliphatic carbocycles. The van der Waals surface area contributed by atoms with Crippen molar-refractivity contribution in [2.24, 2.45) is 5.92 Å². The Balaban J connectivity index is 2.52. The first-order chi connectivity index (χ1) is 13.5. The summed E-state index contributed by atoms with van der Waals surface area (Å²) in [7, 11) is -4.39. The van der Waals surface area contributed by atoms with Crippen molar-refractivity contribution in [3.8, 4) is 0 Å². The van der Waals surface area contributed by atoms with Gasteiger partial charge in [0.2, 0.25) is 5.91 Å². The summed E-state index contributed by atoms with van der Waals surface area (Å²) in [6, 6.07) is 8.91. The maximum Gasteiger partial charge on any atom is 0.270 e. The molecule has 0 spiro atoms. The average molecular weight is 460 g/mol. The third-order valence-corrected chi connectivity index (χ3v) is 6.31. The van der Waals surface area contributed by atoms with Crippen molar-refractivity contribution in [1.82, 2.24) is 5.32 Å². The predicted molar refractivity (Wildman–Crippen MR) is 112 cm³/mol. The van der Waals surface area contributed by atoms with Crippen molar-refractivity contribution in [2.75, 3.05) is 17.4 Å². The predicted octanol–water partition coefficient (Wildman–Crippen LogP) is 3.87. The van der Waals surface area contributed by atoms with Gasteiger partial charge < -0.3 is 5.32 Å². The molecule has 11 heteroatoms. The summed E-state index contributed by atoms with van der Waals surface area (Å²) in [5.41, 5.74) is -0.273. The molecule has 0 fully saturated rings. The Morgan fingerprint density at radius 3 is 2.34 bits per heavy atom. The molecule has 0 saturated carbocycles. The van der Waals surface area contributed by atoms with Crippen LogP contribution in [-0.2, 0) is 14.8 Å². The second-order valence-electron chi connectivity index (χ2n) is 6.56. The standard InChI is InChI=1S/C18H19Cl2N3O5S/c1-12(2)10-21-18(24)11-22(14-5-3-13(19)4-6-14)29(27,28)17-9-15(23(25)26)7-8-16(17)20/h3-9,12H,10-11H2,1-2H3,(H,21,24). The first-order valence-electron chi connectivity index (χ1n) is 8.51. The lowest BCUT2D eigenvalue weighted by molar-refractivity contribution is -0.385. The summed E-state index contributed by atoms with van der Waals surface area (Å²) < 4.78 is 27.4. The number of sulfonamides is 1. The van der Waals surface area contributed by atoms with Crippen LogP contribution < -0.4 is 9.62 Å². The molecule has 2 rings (SSSR count). The van der Waals surface area contributed by atoms with Crippen LogP contribution >= 0.6 is 23.2 Å². The fourth-order valence-corrected chi connectivity index (χ4v) is 4.39. The minimum absolute atomic E-state index is 0.164. The molecule has 1 N–H and O–H groups in total. The zero-order chi connectivity index (χ0) is 21.8. The number of amides is 1. The maximum atomic E-state index is 13.3. The monoisotopic (exact) mass is 459 g/mol. The molecule has 8 nitrogen and oxygen atoms in total. The fraction of sp³-hybridized carbons (Fsp3) is 0.278. The molecule has 0 saturated heterocycles. The molecule has 0 aliphatic rings. The van der Waals surface area contributed by atoms with Gasteiger partial charge in [0.1, 0.15) is 11.4 Å². The molecule has 29 heavy (non-hydrogen) atoms. The Morgan fingerprint density at radius 1 is 1.17 bits per heavy atom. The van der Waals surface area contributed by atoms with Gasteiger partial charge in [0.15, 0.2) is 0 Å². The van der Waals surface area contributed by atoms with E-state index in [9.17, 15) is 23.3 Å². The maximum absolute atomic E-state index is 13.3. The highest BCUT2D eigenvalue weighted by Gasteiger charge is 2.30. The molecule has 0 unspecified atom stereocenters. The van der Waals surface area contributed by atoms with E-state index in [0.29, 0.717) is 11.6 Å². The number of anilines is 1. The van der Waals surface area contributed by atoms with Crippen molar-refractivity contribution in [2.45, 2.75) is 18.7 Å². The van der Waals surface area contributed by atoms with E-state index < -0.39 is 38.0 Å². The van der Waals surface area contributed by atoms with Gasteiger partial charge in [-0.15, -0.1) is 0 Å². The Morgan fingerprint density at radius 2 is 1.79 bits per heavy atom. The van der Waals surface area contributed by atoms with E-state index in [4.69, 9.17) is 23.2 Å². The number of rotatable bonds is 8. The van der Waals surface area contributed by atoms with Gasteiger partial charge in [0.05, 0.1) is 15.6 Å². The number of carbonyl (C=O) groups excluding carboxylic acids is 1. The topological polar surface area (TPSA) is 110 Å². The van der Waals surface area contributed by atoms with Crippen molar-refractivity contribution in [1.29, 1.82) is 0 Å². The molecule has 1 amide bonds. The lowest BCUT2D eigenvalue weighted by Crippen LogP contribution is -2.41. The number of halogens is 2. The van der Waals surface area contributed by atoms with Crippen LogP contribution in [0.5, 0.6) is 0 Å². The Labute approximate surface area is 178 Å². The van der Waals surface area contributed by atoms with Crippen LogP contribution in [0.2, 0.25) is 10.0 Å². The third-order valence-electron chi connectivity index (χ3n) is 3.80. The van der Waals surface area contributed by atoms with Crippen LogP contribution in [0.1, 0.15) is 13.8 Å². The number of nitro groups is 1. The molecule has 2 aromatic rings. The molecule has 0 aliphatic heterocycles. The van der Waals surface area contributed by atoms with E-state index in [1.807, 2.05) is 13.8 Å². The largest absolute Gasteiger partial charge is 0.354 e. The quantitative estimate of drug-likeness (QED) is 0.475. The number of non-ortho nitro benzene ring substituents is 1. The highest BCUT2D eigenvalue weighted by Crippen LogP contribution is 2.31. The molecule has 0 heterocycles. The van der Waals surface area contributed by atoms with Gasteiger partial charge in [-0.05, 0) is 36.2 Å². The Kier molecular flexibility index (Phi) is 7.45. The third kappa shape index (κ3) is 5.81. The highest BCUT2D eigenvalue weighted by molar-refractivity contribution is 7.93. The normalized spacial score (nSPS) is 11.3. The van der Waals surface area contributed by atoms with Gasteiger partial charge in [-0.2, -0.15) is 0 Å². The van der Waals surface area contributed by atoms with E-state index in [0.717, 1.165) is 22.5 Å². The zero-order valence-corrected chi connectivity index (χ0v) is 18.0. The van der Waals surface area contributed by atoms with Crippen LogP contribution in [0.15, 0.2) is 47.4 Å². The minimum Gasteiger partial charge on any atom is -0.354 e. The number of hydrogen-bond donors (Lipinski definition) is 1. The van der Waals surface area contributed by atoms with Gasteiger partial charge in [-0.25, -0.2) is 8.42 Å². The van der Waals surface area contributed by atoms with Crippen LogP contribution in [0.25, 0.3) is 0 Å². The number of benzene rings is 2. The van der Waals surface area contributed by atoms with Gasteiger partial charge in [-0.3, -0.25) is 19.2 Å². The van der Waals surface area contributed by atoms with Crippen LogP contribution in [-0.4, -0.2) is 32.3 Å². The van der Waals surface area contributed by atoms with E-state index in [2.05, 4.69) is 5.32 Å². The van der Waals surface area contributed by atoms with E-state index >= 15 is 0 Å². The Bertz CT molecular complexity index is 1010. The highest BCUT2D eigenvalue weighted by atomic mass is 35.5. The Hall–Kier alpha value is -2.36. The number of hydrogen-bond acceptors (Lipinski definition) is 5. The summed E-state index contributed by atoms with van der Waals surface area (Å²) in [6.45, 7) is 3.63. The SMILES string of the molecule is CC(C)CNC(=O)CN(c1ccc(Cl)cc1)S(=O)(=O)c1cc([N+](=O)[O-])ccc1Cl. The molecule has 0 aromatic heterocycles. The van der Waals surface area contributed by atoms with Crippen LogP contribution in [0.4, 0.5) is 11.4 Å². The summed E-state index contributed by atoms with van der Waals surface area (Å²) in [6.07, 6.45) is 0. The van der Waals surface area contributed by atoms with Crippen molar-refractivity contribution in [3.63, 3.8) is 0 Å². The van der Waals surface area contributed by atoms with E-state index in [1.165, 1.54) is 24.3 Å².